The monoisotopic (exact) mass is 410 g/mol. The zero-order chi connectivity index (χ0) is 19.5. The summed E-state index contributed by atoms with van der Waals surface area (Å²) in [6.07, 6.45) is 0. The van der Waals surface area contributed by atoms with Crippen molar-refractivity contribution < 1.29 is 14.0 Å². The van der Waals surface area contributed by atoms with E-state index >= 15 is 0 Å². The van der Waals surface area contributed by atoms with Crippen LogP contribution in [-0.4, -0.2) is 28.4 Å². The molecule has 1 aliphatic rings. The first-order valence-corrected chi connectivity index (χ1v) is 10.8. The highest BCUT2D eigenvalue weighted by atomic mass is 32.2. The number of nitrogens with zero attached hydrogens (tertiary/aromatic N) is 1. The lowest BCUT2D eigenvalue weighted by Crippen LogP contribution is -2.13. The Morgan fingerprint density at radius 3 is 2.86 bits per heavy atom. The van der Waals surface area contributed by atoms with Gasteiger partial charge in [-0.05, 0) is 25.1 Å². The van der Waals surface area contributed by atoms with E-state index in [-0.39, 0.29) is 11.7 Å². The second-order valence-corrected chi connectivity index (χ2v) is 8.59. The van der Waals surface area contributed by atoms with Gasteiger partial charge >= 0.3 is 0 Å². The van der Waals surface area contributed by atoms with Crippen LogP contribution in [-0.2, 0) is 5.75 Å². The molecule has 0 atom stereocenters. The Kier molecular flexibility index (Phi) is 5.54. The summed E-state index contributed by atoms with van der Waals surface area (Å²) in [5.41, 5.74) is 2.65. The molecule has 2 aromatic carbocycles. The lowest BCUT2D eigenvalue weighted by molar-refractivity contribution is 0.0993. The number of amides is 1. The molecule has 0 saturated carbocycles. The molecule has 0 saturated heterocycles. The number of aliphatic imine (C=N–C) groups is 1. The average Bonchev–Trinajstić information content (AvgIpc) is 3.34. The van der Waals surface area contributed by atoms with Gasteiger partial charge in [-0.2, -0.15) is 0 Å². The molecule has 0 fully saturated rings. The normalized spacial score (nSPS) is 13.5. The number of thioether (sulfide) groups is 2. The van der Waals surface area contributed by atoms with Gasteiger partial charge in [0.05, 0.1) is 6.54 Å². The van der Waals surface area contributed by atoms with Crippen molar-refractivity contribution in [3.8, 4) is 0 Å². The Morgan fingerprint density at radius 2 is 2.07 bits per heavy atom. The quantitative estimate of drug-likeness (QED) is 0.584. The van der Waals surface area contributed by atoms with Crippen LogP contribution in [0.25, 0.3) is 11.0 Å². The summed E-state index contributed by atoms with van der Waals surface area (Å²) in [6, 6.07) is 14.5. The number of carbonyl (C=O) groups excluding carboxylic acids is 2. The maximum absolute atomic E-state index is 12.9. The van der Waals surface area contributed by atoms with Crippen LogP contribution in [0.1, 0.15) is 33.4 Å². The van der Waals surface area contributed by atoms with E-state index in [1.165, 1.54) is 6.92 Å². The van der Waals surface area contributed by atoms with Crippen LogP contribution in [0.3, 0.4) is 0 Å². The molecule has 0 spiro atoms. The highest BCUT2D eigenvalue weighted by molar-refractivity contribution is 8.38. The summed E-state index contributed by atoms with van der Waals surface area (Å²) in [7, 11) is 0. The topological polar surface area (TPSA) is 71.7 Å². The molecular weight excluding hydrogens is 392 g/mol. The molecule has 28 heavy (non-hydrogen) atoms. The van der Waals surface area contributed by atoms with Crippen LogP contribution < -0.4 is 5.32 Å². The molecule has 4 rings (SSSR count). The Bertz CT molecular complexity index is 1090. The maximum Gasteiger partial charge on any atom is 0.291 e. The van der Waals surface area contributed by atoms with Crippen molar-refractivity contribution in [3.63, 3.8) is 0 Å². The van der Waals surface area contributed by atoms with E-state index in [9.17, 15) is 9.59 Å². The number of para-hydroxylation sites is 1. The lowest BCUT2D eigenvalue weighted by atomic mass is 10.1. The molecule has 1 amide bonds. The summed E-state index contributed by atoms with van der Waals surface area (Å²) in [5, 5.41) is 3.78. The SMILES string of the molecule is CC(=O)c1cccc(NC(=O)c2oc3ccccc3c2CSC2=NCCS2)c1. The van der Waals surface area contributed by atoms with E-state index in [4.69, 9.17) is 4.42 Å². The van der Waals surface area contributed by atoms with Crippen molar-refractivity contribution in [1.29, 1.82) is 0 Å². The highest BCUT2D eigenvalue weighted by Crippen LogP contribution is 2.33. The van der Waals surface area contributed by atoms with Crippen molar-refractivity contribution >= 4 is 56.2 Å². The maximum atomic E-state index is 12.9. The summed E-state index contributed by atoms with van der Waals surface area (Å²) in [5.74, 6) is 1.54. The van der Waals surface area contributed by atoms with Gasteiger partial charge in [-0.25, -0.2) is 0 Å². The third-order valence-corrected chi connectivity index (χ3v) is 6.61. The second-order valence-electron chi connectivity index (χ2n) is 6.28. The molecule has 7 heteroatoms. The van der Waals surface area contributed by atoms with Gasteiger partial charge in [0.1, 0.15) is 9.96 Å². The Hall–Kier alpha value is -2.51. The molecule has 0 radical (unpaired) electrons. The summed E-state index contributed by atoms with van der Waals surface area (Å²) < 4.78 is 6.93. The summed E-state index contributed by atoms with van der Waals surface area (Å²) >= 11 is 3.37. The van der Waals surface area contributed by atoms with Gasteiger partial charge in [0.2, 0.25) is 0 Å². The predicted molar refractivity (Wildman–Crippen MR) is 117 cm³/mol. The van der Waals surface area contributed by atoms with Crippen molar-refractivity contribution in [2.24, 2.45) is 4.99 Å². The van der Waals surface area contributed by atoms with E-state index in [2.05, 4.69) is 10.3 Å². The fourth-order valence-electron chi connectivity index (χ4n) is 2.97. The van der Waals surface area contributed by atoms with Crippen molar-refractivity contribution in [2.75, 3.05) is 17.6 Å². The minimum atomic E-state index is -0.325. The van der Waals surface area contributed by atoms with Gasteiger partial charge in [0, 0.05) is 33.7 Å². The minimum Gasteiger partial charge on any atom is -0.451 e. The molecule has 142 valence electrons. The van der Waals surface area contributed by atoms with Crippen LogP contribution in [0.4, 0.5) is 5.69 Å². The number of anilines is 1. The smallest absolute Gasteiger partial charge is 0.291 e. The molecule has 1 aliphatic heterocycles. The lowest BCUT2D eigenvalue weighted by Gasteiger charge is -2.07. The van der Waals surface area contributed by atoms with Gasteiger partial charge in [0.25, 0.3) is 5.91 Å². The third kappa shape index (κ3) is 4.00. The number of hydrogen-bond acceptors (Lipinski definition) is 6. The zero-order valence-electron chi connectivity index (χ0n) is 15.2. The van der Waals surface area contributed by atoms with Gasteiger partial charge in [0.15, 0.2) is 11.5 Å². The number of hydrogen-bond donors (Lipinski definition) is 1. The molecule has 0 unspecified atom stereocenters. The van der Waals surface area contributed by atoms with Gasteiger partial charge < -0.3 is 9.73 Å². The second kappa shape index (κ2) is 8.24. The van der Waals surface area contributed by atoms with Crippen LogP contribution in [0.2, 0.25) is 0 Å². The van der Waals surface area contributed by atoms with Crippen molar-refractivity contribution in [2.45, 2.75) is 12.7 Å². The zero-order valence-corrected chi connectivity index (χ0v) is 16.9. The van der Waals surface area contributed by atoms with Crippen LogP contribution in [0.15, 0.2) is 57.9 Å². The Labute approximate surface area is 171 Å². The molecule has 3 aromatic rings. The third-order valence-electron chi connectivity index (χ3n) is 4.33. The largest absolute Gasteiger partial charge is 0.451 e. The molecule has 1 N–H and O–H groups in total. The number of ketones is 1. The van der Waals surface area contributed by atoms with E-state index < -0.39 is 0 Å². The van der Waals surface area contributed by atoms with Gasteiger partial charge in [-0.3, -0.25) is 14.6 Å². The van der Waals surface area contributed by atoms with E-state index in [1.807, 2.05) is 24.3 Å². The summed E-state index contributed by atoms with van der Waals surface area (Å²) in [4.78, 5) is 29.0. The fourth-order valence-corrected chi connectivity index (χ4v) is 5.00. The first-order valence-electron chi connectivity index (χ1n) is 8.84. The molecule has 0 bridgehead atoms. The minimum absolute atomic E-state index is 0.0493. The molecule has 5 nitrogen and oxygen atoms in total. The first-order chi connectivity index (χ1) is 13.6. The number of rotatable bonds is 5. The fraction of sp³-hybridized carbons (Fsp3) is 0.190. The van der Waals surface area contributed by atoms with Crippen LogP contribution >= 0.6 is 23.5 Å². The highest BCUT2D eigenvalue weighted by Gasteiger charge is 2.22. The first kappa shape index (κ1) is 18.8. The molecule has 2 heterocycles. The molecule has 0 aliphatic carbocycles. The number of Topliss-reactive ketones (excluding diaryl/α,β-unsaturated/α-hetero) is 1. The Balaban J connectivity index is 1.63. The van der Waals surface area contributed by atoms with Crippen LogP contribution in [0.5, 0.6) is 0 Å². The van der Waals surface area contributed by atoms with E-state index in [1.54, 1.807) is 47.8 Å². The molecular formula is C21H18N2O3S2. The van der Waals surface area contributed by atoms with E-state index in [0.717, 1.165) is 27.6 Å². The number of carbonyl (C=O) groups is 2. The van der Waals surface area contributed by atoms with Gasteiger partial charge in [-0.15, -0.1) is 0 Å². The Morgan fingerprint density at radius 1 is 1.21 bits per heavy atom. The number of furan rings is 1. The number of fused-ring (bicyclic) bond motifs is 1. The van der Waals surface area contributed by atoms with Crippen LogP contribution in [0, 0.1) is 0 Å². The standard InChI is InChI=1S/C21H18N2O3S2/c1-13(24)14-5-4-6-15(11-14)23-20(25)19-17(12-28-21-22-9-10-27-21)16-7-2-3-8-18(16)26-19/h2-8,11H,9-10,12H2,1H3,(H,23,25). The van der Waals surface area contributed by atoms with E-state index in [0.29, 0.717) is 28.3 Å². The average molecular weight is 411 g/mol. The number of benzene rings is 2. The van der Waals surface area contributed by atoms with Crippen molar-refractivity contribution in [3.05, 3.63) is 65.4 Å². The summed E-state index contributed by atoms with van der Waals surface area (Å²) in [6.45, 7) is 2.35. The van der Waals surface area contributed by atoms with Gasteiger partial charge in [-0.1, -0.05) is 53.9 Å². The molecule has 1 aromatic heterocycles. The predicted octanol–water partition coefficient (Wildman–Crippen LogP) is 5.22. The number of nitrogens with one attached hydrogen (secondary N) is 1. The van der Waals surface area contributed by atoms with Crippen molar-refractivity contribution in [1.82, 2.24) is 0 Å².